The zero-order valence-corrected chi connectivity index (χ0v) is 10.6. The number of nitrogens with zero attached hydrogens (tertiary/aromatic N) is 2. The van der Waals surface area contributed by atoms with Gasteiger partial charge in [-0.3, -0.25) is 0 Å². The number of fused-ring (bicyclic) bond motifs is 1. The molecule has 0 saturated heterocycles. The van der Waals surface area contributed by atoms with Gasteiger partial charge in [-0.15, -0.1) is 0 Å². The van der Waals surface area contributed by atoms with E-state index in [4.69, 9.17) is 4.74 Å². The van der Waals surface area contributed by atoms with E-state index in [0.717, 1.165) is 17.3 Å². The molecule has 0 saturated carbocycles. The van der Waals surface area contributed by atoms with Crippen LogP contribution in [0.15, 0.2) is 48.8 Å². The quantitative estimate of drug-likeness (QED) is 0.777. The number of hydrogen-bond acceptors (Lipinski definition) is 3. The summed E-state index contributed by atoms with van der Waals surface area (Å²) in [4.78, 5) is 4.17. The van der Waals surface area contributed by atoms with E-state index in [1.165, 1.54) is 0 Å². The lowest BCUT2D eigenvalue weighted by Gasteiger charge is -2.07. The van der Waals surface area contributed by atoms with Gasteiger partial charge in [0, 0.05) is 18.9 Å². The molecule has 1 N–H and O–H groups in total. The van der Waals surface area contributed by atoms with Crippen LogP contribution in [0, 0.1) is 0 Å². The first-order valence-electron chi connectivity index (χ1n) is 6.18. The molecule has 0 aliphatic heterocycles. The van der Waals surface area contributed by atoms with Gasteiger partial charge < -0.3 is 14.4 Å². The fraction of sp³-hybridized carbons (Fsp3) is 0.133. The van der Waals surface area contributed by atoms with Gasteiger partial charge in [0.1, 0.15) is 11.5 Å². The van der Waals surface area contributed by atoms with Crippen molar-refractivity contribution in [2.24, 2.45) is 0 Å². The summed E-state index contributed by atoms with van der Waals surface area (Å²) in [5.41, 5.74) is 0. The van der Waals surface area contributed by atoms with Crippen LogP contribution in [0.4, 0.5) is 0 Å². The second-order valence-electron chi connectivity index (χ2n) is 4.29. The molecule has 1 heterocycles. The molecule has 0 amide bonds. The molecule has 96 valence electrons. The number of aromatic hydroxyl groups is 1. The minimum absolute atomic E-state index is 0.250. The first kappa shape index (κ1) is 11.6. The number of rotatable bonds is 3. The molecular weight excluding hydrogens is 240 g/mol. The van der Waals surface area contributed by atoms with Crippen molar-refractivity contribution in [3.8, 4) is 17.5 Å². The zero-order chi connectivity index (χ0) is 13.2. The molecule has 0 atom stereocenters. The number of hydrogen-bond donors (Lipinski definition) is 1. The molecule has 0 unspecified atom stereocenters. The average molecular weight is 254 g/mol. The Morgan fingerprint density at radius 1 is 1.16 bits per heavy atom. The van der Waals surface area contributed by atoms with Crippen LogP contribution < -0.4 is 4.74 Å². The average Bonchev–Trinajstić information content (AvgIpc) is 2.85. The van der Waals surface area contributed by atoms with Crippen molar-refractivity contribution in [2.45, 2.75) is 13.5 Å². The van der Waals surface area contributed by atoms with E-state index in [-0.39, 0.29) is 5.75 Å². The molecule has 19 heavy (non-hydrogen) atoms. The van der Waals surface area contributed by atoms with Gasteiger partial charge in [0.15, 0.2) is 0 Å². The molecule has 0 spiro atoms. The van der Waals surface area contributed by atoms with Crippen molar-refractivity contribution in [2.75, 3.05) is 0 Å². The maximum atomic E-state index is 9.50. The summed E-state index contributed by atoms with van der Waals surface area (Å²) in [5, 5.41) is 11.5. The Balaban J connectivity index is 1.97. The van der Waals surface area contributed by atoms with Gasteiger partial charge >= 0.3 is 6.01 Å². The zero-order valence-electron chi connectivity index (χ0n) is 10.6. The molecule has 0 radical (unpaired) electrons. The highest BCUT2D eigenvalue weighted by Gasteiger charge is 2.05. The Labute approximate surface area is 110 Å². The third kappa shape index (κ3) is 2.25. The highest BCUT2D eigenvalue weighted by atomic mass is 16.5. The Morgan fingerprint density at radius 3 is 2.84 bits per heavy atom. The van der Waals surface area contributed by atoms with E-state index in [0.29, 0.717) is 11.8 Å². The molecule has 4 heteroatoms. The lowest BCUT2D eigenvalue weighted by atomic mass is 10.1. The summed E-state index contributed by atoms with van der Waals surface area (Å²) < 4.78 is 7.68. The van der Waals surface area contributed by atoms with Crippen molar-refractivity contribution < 1.29 is 9.84 Å². The van der Waals surface area contributed by atoms with Crippen LogP contribution in [-0.2, 0) is 6.54 Å². The number of ether oxygens (including phenoxy) is 1. The minimum Gasteiger partial charge on any atom is -0.508 e. The van der Waals surface area contributed by atoms with E-state index < -0.39 is 0 Å². The van der Waals surface area contributed by atoms with Crippen LogP contribution >= 0.6 is 0 Å². The normalized spacial score (nSPS) is 10.8. The standard InChI is InChI=1S/C15H14N2O2/c1-2-17-8-7-16-15(17)19-14-6-4-11-3-5-13(18)9-12(11)10-14/h3-10,18H,2H2,1H3. The largest absolute Gasteiger partial charge is 0.508 e. The fourth-order valence-corrected chi connectivity index (χ4v) is 2.02. The third-order valence-corrected chi connectivity index (χ3v) is 3.02. The van der Waals surface area contributed by atoms with Crippen molar-refractivity contribution in [1.82, 2.24) is 9.55 Å². The highest BCUT2D eigenvalue weighted by molar-refractivity contribution is 5.85. The first-order valence-corrected chi connectivity index (χ1v) is 6.18. The van der Waals surface area contributed by atoms with E-state index in [9.17, 15) is 5.11 Å². The van der Waals surface area contributed by atoms with Crippen LogP contribution in [0.1, 0.15) is 6.92 Å². The van der Waals surface area contributed by atoms with Crippen molar-refractivity contribution >= 4 is 10.8 Å². The summed E-state index contributed by atoms with van der Waals surface area (Å²) >= 11 is 0. The highest BCUT2D eigenvalue weighted by Crippen LogP contribution is 2.27. The fourth-order valence-electron chi connectivity index (χ4n) is 2.02. The number of aryl methyl sites for hydroxylation is 1. The van der Waals surface area contributed by atoms with Crippen molar-refractivity contribution in [3.63, 3.8) is 0 Å². The molecule has 2 aromatic carbocycles. The van der Waals surface area contributed by atoms with Crippen molar-refractivity contribution in [3.05, 3.63) is 48.8 Å². The van der Waals surface area contributed by atoms with Crippen LogP contribution in [0.3, 0.4) is 0 Å². The smallest absolute Gasteiger partial charge is 0.301 e. The number of phenols is 1. The predicted octanol–water partition coefficient (Wildman–Crippen LogP) is 3.55. The van der Waals surface area contributed by atoms with Gasteiger partial charge in [-0.25, -0.2) is 4.98 Å². The number of aromatic nitrogens is 2. The summed E-state index contributed by atoms with van der Waals surface area (Å²) in [6.45, 7) is 2.84. The van der Waals surface area contributed by atoms with Crippen LogP contribution in [0.5, 0.6) is 17.5 Å². The summed E-state index contributed by atoms with van der Waals surface area (Å²) in [7, 11) is 0. The molecule has 0 bridgehead atoms. The predicted molar refractivity (Wildman–Crippen MR) is 73.6 cm³/mol. The monoisotopic (exact) mass is 254 g/mol. The molecule has 1 aromatic heterocycles. The Kier molecular flexibility index (Phi) is 2.83. The number of benzene rings is 2. The lowest BCUT2D eigenvalue weighted by Crippen LogP contribution is -1.97. The molecule has 0 aliphatic rings. The van der Waals surface area contributed by atoms with Gasteiger partial charge in [0.2, 0.25) is 0 Å². The van der Waals surface area contributed by atoms with Gasteiger partial charge in [-0.05, 0) is 42.0 Å². The molecule has 3 rings (SSSR count). The maximum absolute atomic E-state index is 9.50. The van der Waals surface area contributed by atoms with Gasteiger partial charge in [-0.2, -0.15) is 0 Å². The van der Waals surface area contributed by atoms with Gasteiger partial charge in [0.05, 0.1) is 0 Å². The summed E-state index contributed by atoms with van der Waals surface area (Å²) in [6.07, 6.45) is 3.59. The molecular formula is C15H14N2O2. The van der Waals surface area contributed by atoms with E-state index >= 15 is 0 Å². The lowest BCUT2D eigenvalue weighted by molar-refractivity contribution is 0.416. The van der Waals surface area contributed by atoms with Gasteiger partial charge in [0.25, 0.3) is 0 Å². The molecule has 0 aliphatic carbocycles. The first-order chi connectivity index (χ1) is 9.26. The minimum atomic E-state index is 0.250. The van der Waals surface area contributed by atoms with Gasteiger partial charge in [-0.1, -0.05) is 12.1 Å². The number of imidazole rings is 1. The van der Waals surface area contributed by atoms with Crippen LogP contribution in [-0.4, -0.2) is 14.7 Å². The molecule has 3 aromatic rings. The SMILES string of the molecule is CCn1ccnc1Oc1ccc2ccc(O)cc2c1. The Hall–Kier alpha value is -2.49. The molecule has 4 nitrogen and oxygen atoms in total. The van der Waals surface area contributed by atoms with Crippen molar-refractivity contribution in [1.29, 1.82) is 0 Å². The van der Waals surface area contributed by atoms with E-state index in [1.807, 2.05) is 42.0 Å². The Morgan fingerprint density at radius 2 is 2.00 bits per heavy atom. The second kappa shape index (κ2) is 4.65. The van der Waals surface area contributed by atoms with Crippen LogP contribution in [0.25, 0.3) is 10.8 Å². The summed E-state index contributed by atoms with van der Waals surface area (Å²) in [6, 6.07) is 11.6. The topological polar surface area (TPSA) is 47.3 Å². The van der Waals surface area contributed by atoms with E-state index in [2.05, 4.69) is 4.98 Å². The Bertz CT molecular complexity index is 719. The molecule has 0 fully saturated rings. The van der Waals surface area contributed by atoms with E-state index in [1.54, 1.807) is 18.3 Å². The maximum Gasteiger partial charge on any atom is 0.301 e. The second-order valence-corrected chi connectivity index (χ2v) is 4.29. The summed E-state index contributed by atoms with van der Waals surface area (Å²) in [5.74, 6) is 0.957. The number of phenolic OH excluding ortho intramolecular Hbond substituents is 1. The van der Waals surface area contributed by atoms with Crippen LogP contribution in [0.2, 0.25) is 0 Å². The third-order valence-electron chi connectivity index (χ3n) is 3.02.